The molecule has 0 aromatic rings. The van der Waals surface area contributed by atoms with E-state index in [4.69, 9.17) is 5.73 Å². The molecular weight excluding hydrogens is 100 g/mol. The third-order valence-electron chi connectivity index (χ3n) is 1.09. The molecule has 0 spiro atoms. The fourth-order valence-electron chi connectivity index (χ4n) is 0.601. The van der Waals surface area contributed by atoms with Crippen molar-refractivity contribution in [1.29, 1.82) is 0 Å². The highest BCUT2D eigenvalue weighted by Crippen LogP contribution is 1.89. The molecule has 0 unspecified atom stereocenters. The lowest BCUT2D eigenvalue weighted by Crippen LogP contribution is -2.17. The Labute approximate surface area is 51.5 Å². The van der Waals surface area contributed by atoms with E-state index in [1.54, 1.807) is 0 Å². The van der Waals surface area contributed by atoms with Crippen LogP contribution in [0.25, 0.3) is 0 Å². The Morgan fingerprint density at radius 3 is 2.62 bits per heavy atom. The second kappa shape index (κ2) is 5.06. The van der Waals surface area contributed by atoms with Crippen LogP contribution in [-0.4, -0.2) is 19.6 Å². The Morgan fingerprint density at radius 2 is 2.25 bits per heavy atom. The van der Waals surface area contributed by atoms with Gasteiger partial charge in [0.2, 0.25) is 0 Å². The van der Waals surface area contributed by atoms with E-state index in [9.17, 15) is 0 Å². The van der Waals surface area contributed by atoms with Gasteiger partial charge in [-0.1, -0.05) is 0 Å². The molecule has 0 heterocycles. The zero-order valence-corrected chi connectivity index (χ0v) is 5.78. The summed E-state index contributed by atoms with van der Waals surface area (Å²) < 4.78 is 0. The second-order valence-corrected chi connectivity index (χ2v) is 2.22. The van der Waals surface area contributed by atoms with Crippen LogP contribution in [0.5, 0.6) is 0 Å². The molecule has 0 radical (unpaired) electrons. The molecule has 0 aromatic carbocycles. The predicted molar refractivity (Wildman–Crippen MR) is 36.8 cm³/mol. The first-order valence-corrected chi connectivity index (χ1v) is 3.17. The van der Waals surface area contributed by atoms with Crippen LogP contribution in [0, 0.1) is 0 Å². The molecular formula is C6H16N2. The molecule has 50 valence electrons. The first kappa shape index (κ1) is 7.92. The van der Waals surface area contributed by atoms with Crippen LogP contribution in [0.15, 0.2) is 0 Å². The molecule has 0 saturated carbocycles. The maximum absolute atomic E-state index is 5.51. The summed E-state index contributed by atoms with van der Waals surface area (Å²) in [6.45, 7) is 3.12. The number of rotatable bonds is 4. The highest BCUT2D eigenvalue weighted by molar-refractivity contribution is 4.52. The maximum Gasteiger partial charge on any atom is 0.00109 e. The Balaban J connectivity index is 2.72. The van der Waals surface area contributed by atoms with E-state index in [1.165, 1.54) is 6.42 Å². The smallest absolute Gasteiger partial charge is 0.00109 e. The van der Waals surface area contributed by atoms with Crippen LogP contribution in [0.3, 0.4) is 0 Å². The van der Waals surface area contributed by atoms with Gasteiger partial charge >= 0.3 is 0 Å². The number of hydrogen-bond donors (Lipinski definition) is 2. The summed E-state index contributed by atoms with van der Waals surface area (Å²) in [7, 11) is 1.96. The minimum atomic E-state index is 0.364. The molecule has 0 aliphatic heterocycles. The summed E-state index contributed by atoms with van der Waals surface area (Å²) in [6, 6.07) is 0.364. The third kappa shape index (κ3) is 5.92. The highest BCUT2D eigenvalue weighted by atomic mass is 14.8. The average Bonchev–Trinajstić information content (AvgIpc) is 1.66. The van der Waals surface area contributed by atoms with Gasteiger partial charge in [-0.15, -0.1) is 0 Å². The molecule has 0 aromatic heterocycles. The van der Waals surface area contributed by atoms with Crippen molar-refractivity contribution in [2.75, 3.05) is 13.6 Å². The minimum Gasteiger partial charge on any atom is -0.328 e. The molecule has 0 saturated heterocycles. The van der Waals surface area contributed by atoms with Gasteiger partial charge in [0.25, 0.3) is 0 Å². The summed E-state index contributed by atoms with van der Waals surface area (Å²) in [4.78, 5) is 0. The Kier molecular flexibility index (Phi) is 5.01. The van der Waals surface area contributed by atoms with E-state index < -0.39 is 0 Å². The molecule has 0 bridgehead atoms. The van der Waals surface area contributed by atoms with Gasteiger partial charge in [-0.2, -0.15) is 0 Å². The monoisotopic (exact) mass is 116 g/mol. The van der Waals surface area contributed by atoms with Crippen molar-refractivity contribution >= 4 is 0 Å². The van der Waals surface area contributed by atoms with Gasteiger partial charge in [-0.05, 0) is 33.4 Å². The van der Waals surface area contributed by atoms with Crippen LogP contribution >= 0.6 is 0 Å². The van der Waals surface area contributed by atoms with Crippen molar-refractivity contribution in [3.63, 3.8) is 0 Å². The third-order valence-corrected chi connectivity index (χ3v) is 1.09. The topological polar surface area (TPSA) is 38.0 Å². The highest BCUT2D eigenvalue weighted by Gasteiger charge is 1.90. The molecule has 1 atom stereocenters. The molecule has 3 N–H and O–H groups in total. The molecule has 0 amide bonds. The fraction of sp³-hybridized carbons (Fsp3) is 1.00. The molecule has 0 rings (SSSR count). The van der Waals surface area contributed by atoms with E-state index in [0.29, 0.717) is 6.04 Å². The molecule has 2 heteroatoms. The normalized spacial score (nSPS) is 13.9. The number of nitrogens with one attached hydrogen (secondary N) is 1. The summed E-state index contributed by atoms with van der Waals surface area (Å²) >= 11 is 0. The number of nitrogens with two attached hydrogens (primary N) is 1. The zero-order valence-electron chi connectivity index (χ0n) is 5.78. The lowest BCUT2D eigenvalue weighted by atomic mass is 10.2. The summed E-state index contributed by atoms with van der Waals surface area (Å²) in [5.41, 5.74) is 5.51. The second-order valence-electron chi connectivity index (χ2n) is 2.22. The predicted octanol–water partition coefficient (Wildman–Crippen LogP) is 0.333. The first-order valence-electron chi connectivity index (χ1n) is 3.17. The van der Waals surface area contributed by atoms with Gasteiger partial charge in [-0.3, -0.25) is 0 Å². The molecule has 0 aliphatic carbocycles. The number of hydrogen-bond acceptors (Lipinski definition) is 2. The van der Waals surface area contributed by atoms with Gasteiger partial charge < -0.3 is 11.1 Å². The molecule has 8 heavy (non-hydrogen) atoms. The van der Waals surface area contributed by atoms with Crippen molar-refractivity contribution in [1.82, 2.24) is 5.32 Å². The molecule has 0 aliphatic rings. The van der Waals surface area contributed by atoms with Crippen molar-refractivity contribution in [2.45, 2.75) is 25.8 Å². The van der Waals surface area contributed by atoms with Gasteiger partial charge in [0.15, 0.2) is 0 Å². The Morgan fingerprint density at radius 1 is 1.62 bits per heavy atom. The van der Waals surface area contributed by atoms with Crippen molar-refractivity contribution in [3.8, 4) is 0 Å². The van der Waals surface area contributed by atoms with Gasteiger partial charge in [0.1, 0.15) is 0 Å². The van der Waals surface area contributed by atoms with Gasteiger partial charge in [0.05, 0.1) is 0 Å². The van der Waals surface area contributed by atoms with Gasteiger partial charge in [-0.25, -0.2) is 0 Å². The van der Waals surface area contributed by atoms with Crippen LogP contribution in [0.1, 0.15) is 19.8 Å². The van der Waals surface area contributed by atoms with E-state index in [1.807, 2.05) is 14.0 Å². The Bertz CT molecular complexity index is 43.8. The van der Waals surface area contributed by atoms with Gasteiger partial charge in [0, 0.05) is 6.04 Å². The minimum absolute atomic E-state index is 0.364. The zero-order chi connectivity index (χ0) is 6.41. The maximum atomic E-state index is 5.51. The fourth-order valence-corrected chi connectivity index (χ4v) is 0.601. The lowest BCUT2D eigenvalue weighted by Gasteiger charge is -2.02. The van der Waals surface area contributed by atoms with Crippen molar-refractivity contribution in [2.24, 2.45) is 5.73 Å². The molecule has 0 fully saturated rings. The van der Waals surface area contributed by atoms with Crippen LogP contribution in [0.4, 0.5) is 0 Å². The van der Waals surface area contributed by atoms with Crippen molar-refractivity contribution in [3.05, 3.63) is 0 Å². The first-order chi connectivity index (χ1) is 3.77. The summed E-state index contributed by atoms with van der Waals surface area (Å²) in [5.74, 6) is 0. The van der Waals surface area contributed by atoms with E-state index >= 15 is 0 Å². The lowest BCUT2D eigenvalue weighted by molar-refractivity contribution is 0.601. The van der Waals surface area contributed by atoms with Crippen LogP contribution in [-0.2, 0) is 0 Å². The summed E-state index contributed by atoms with van der Waals surface area (Å²) in [6.07, 6.45) is 2.31. The quantitative estimate of drug-likeness (QED) is 0.520. The largest absolute Gasteiger partial charge is 0.328 e. The van der Waals surface area contributed by atoms with E-state index in [-0.39, 0.29) is 0 Å². The Hall–Kier alpha value is -0.0800. The summed E-state index contributed by atoms with van der Waals surface area (Å²) in [5, 5.41) is 3.07. The SMILES string of the molecule is CNCCC[C@@H](C)N. The van der Waals surface area contributed by atoms with E-state index in [2.05, 4.69) is 5.32 Å². The van der Waals surface area contributed by atoms with Crippen LogP contribution < -0.4 is 11.1 Å². The van der Waals surface area contributed by atoms with E-state index in [0.717, 1.165) is 13.0 Å². The standard InChI is InChI=1S/C6H16N2/c1-6(7)4-3-5-8-2/h6,8H,3-5,7H2,1-2H3/t6-/m1/s1. The molecule has 2 nitrogen and oxygen atoms in total. The van der Waals surface area contributed by atoms with Crippen molar-refractivity contribution < 1.29 is 0 Å². The average molecular weight is 116 g/mol. The van der Waals surface area contributed by atoms with Crippen LogP contribution in [0.2, 0.25) is 0 Å².